The van der Waals surface area contributed by atoms with E-state index in [-0.39, 0.29) is 25.9 Å². The van der Waals surface area contributed by atoms with Crippen molar-refractivity contribution in [1.29, 1.82) is 0 Å². The Labute approximate surface area is 245 Å². The molecule has 0 aromatic carbocycles. The van der Waals surface area contributed by atoms with Crippen LogP contribution >= 0.6 is 0 Å². The molecule has 1 unspecified atom stereocenters. The predicted molar refractivity (Wildman–Crippen MR) is 162 cm³/mol. The van der Waals surface area contributed by atoms with Gasteiger partial charge in [0, 0.05) is 19.4 Å². The summed E-state index contributed by atoms with van der Waals surface area (Å²) < 4.78 is 10.3. The maximum atomic E-state index is 12.4. The third kappa shape index (κ3) is 25.8. The van der Waals surface area contributed by atoms with E-state index in [2.05, 4.69) is 13.8 Å². The number of unbranched alkanes of at least 4 members (excludes halogenated alkanes) is 20. The Hall–Kier alpha value is -1.18. The number of esters is 2. The van der Waals surface area contributed by atoms with Crippen LogP contribution in [0.15, 0.2) is 0 Å². The van der Waals surface area contributed by atoms with Crippen molar-refractivity contribution >= 4 is 11.9 Å². The summed E-state index contributed by atoms with van der Waals surface area (Å²) in [6.45, 7) is 4.16. The van der Waals surface area contributed by atoms with Gasteiger partial charge < -0.3 is 24.8 Å². The molecule has 0 aromatic rings. The lowest BCUT2D eigenvalue weighted by atomic mass is 10.1. The first-order valence-corrected chi connectivity index (χ1v) is 16.8. The van der Waals surface area contributed by atoms with Crippen LogP contribution < -0.4 is 0 Å². The van der Waals surface area contributed by atoms with Gasteiger partial charge in [-0.15, -0.1) is 0 Å². The Kier molecular flexibility index (Phi) is 27.1. The van der Waals surface area contributed by atoms with Crippen molar-refractivity contribution in [3.63, 3.8) is 0 Å². The number of rotatable bonds is 30. The monoisotopic (exact) mass is 572 g/mol. The van der Waals surface area contributed by atoms with E-state index in [0.29, 0.717) is 12.8 Å². The van der Waals surface area contributed by atoms with Crippen molar-refractivity contribution in [3.8, 4) is 0 Å². The Morgan fingerprint density at radius 1 is 0.575 bits per heavy atom. The molecule has 0 saturated carbocycles. The highest BCUT2D eigenvalue weighted by Gasteiger charge is 2.38. The smallest absolute Gasteiger partial charge is 0.375 e. The van der Waals surface area contributed by atoms with Crippen LogP contribution in [0, 0.1) is 0 Å². The molecule has 0 amide bonds. The lowest BCUT2D eigenvalue weighted by molar-refractivity contribution is -0.334. The fourth-order valence-corrected chi connectivity index (χ4v) is 4.98. The quantitative estimate of drug-likeness (QED) is 0.0451. The first kappa shape index (κ1) is 38.8. The van der Waals surface area contributed by atoms with Crippen LogP contribution in [-0.2, 0) is 19.1 Å². The van der Waals surface area contributed by atoms with Crippen molar-refractivity contribution in [2.45, 2.75) is 193 Å². The van der Waals surface area contributed by atoms with Gasteiger partial charge in [0.05, 0.1) is 12.5 Å². The fraction of sp³-hybridized carbons (Fsp3) is 0.939. The van der Waals surface area contributed by atoms with E-state index in [0.717, 1.165) is 38.5 Å². The molecule has 0 aromatic heterocycles. The van der Waals surface area contributed by atoms with Crippen molar-refractivity contribution < 1.29 is 34.4 Å². The predicted octanol–water partition coefficient (Wildman–Crippen LogP) is 8.25. The Morgan fingerprint density at radius 3 is 1.18 bits per heavy atom. The zero-order valence-electron chi connectivity index (χ0n) is 26.1. The molecule has 0 aliphatic heterocycles. The third-order valence-electron chi connectivity index (χ3n) is 7.47. The van der Waals surface area contributed by atoms with E-state index in [9.17, 15) is 19.8 Å². The summed E-state index contributed by atoms with van der Waals surface area (Å²) in [4.78, 5) is 24.8. The number of carbonyl (C=O) groups excluding carboxylic acids is 2. The molecule has 0 heterocycles. The molecule has 0 radical (unpaired) electrons. The van der Waals surface area contributed by atoms with Crippen LogP contribution in [0.25, 0.3) is 0 Å². The van der Waals surface area contributed by atoms with E-state index in [1.807, 2.05) is 0 Å². The number of aliphatic hydroxyl groups is 3. The molecule has 40 heavy (non-hydrogen) atoms. The molecule has 7 heteroatoms. The maximum absolute atomic E-state index is 12.4. The van der Waals surface area contributed by atoms with Gasteiger partial charge in [-0.05, 0) is 19.3 Å². The van der Waals surface area contributed by atoms with Gasteiger partial charge >= 0.3 is 17.9 Å². The molecule has 0 aliphatic rings. The highest BCUT2D eigenvalue weighted by molar-refractivity contribution is 5.71. The van der Waals surface area contributed by atoms with Crippen LogP contribution in [0.2, 0.25) is 0 Å². The van der Waals surface area contributed by atoms with Gasteiger partial charge in [0.25, 0.3) is 0 Å². The molecule has 0 bridgehead atoms. The summed E-state index contributed by atoms with van der Waals surface area (Å²) in [6.07, 6.45) is 24.1. The van der Waals surface area contributed by atoms with Gasteiger partial charge in [0.15, 0.2) is 0 Å². The molecule has 0 fully saturated rings. The molecular formula is C33H64O7. The third-order valence-corrected chi connectivity index (χ3v) is 7.47. The fourth-order valence-electron chi connectivity index (χ4n) is 4.98. The van der Waals surface area contributed by atoms with Gasteiger partial charge in [-0.25, -0.2) is 0 Å². The summed E-state index contributed by atoms with van der Waals surface area (Å²) >= 11 is 0. The zero-order chi connectivity index (χ0) is 29.7. The highest BCUT2D eigenvalue weighted by Crippen LogP contribution is 2.22. The first-order valence-electron chi connectivity index (χ1n) is 16.8. The zero-order valence-corrected chi connectivity index (χ0v) is 26.1. The van der Waals surface area contributed by atoms with Gasteiger partial charge in [-0.1, -0.05) is 142 Å². The van der Waals surface area contributed by atoms with Gasteiger partial charge in [0.2, 0.25) is 0 Å². The van der Waals surface area contributed by atoms with E-state index in [1.165, 1.54) is 89.9 Å². The van der Waals surface area contributed by atoms with Gasteiger partial charge in [0.1, 0.15) is 0 Å². The lowest BCUT2D eigenvalue weighted by Gasteiger charge is -2.28. The number of aliphatic hydroxyl groups excluding tert-OH is 2. The van der Waals surface area contributed by atoms with E-state index < -0.39 is 30.4 Å². The second-order valence-corrected chi connectivity index (χ2v) is 11.6. The molecule has 3 N–H and O–H groups in total. The summed E-state index contributed by atoms with van der Waals surface area (Å²) in [6, 6.07) is 0. The minimum atomic E-state index is -2.52. The number of hydrogen-bond donors (Lipinski definition) is 3. The van der Waals surface area contributed by atoms with E-state index >= 15 is 0 Å². The molecule has 0 spiro atoms. The molecule has 1 atom stereocenters. The second-order valence-electron chi connectivity index (χ2n) is 11.6. The minimum Gasteiger partial charge on any atom is -0.398 e. The van der Waals surface area contributed by atoms with Crippen molar-refractivity contribution in [3.05, 3.63) is 0 Å². The largest absolute Gasteiger partial charge is 0.398 e. The topological polar surface area (TPSA) is 113 Å². The second kappa shape index (κ2) is 28.0. The first-order chi connectivity index (χ1) is 19.4. The van der Waals surface area contributed by atoms with Crippen LogP contribution in [-0.4, -0.2) is 45.9 Å². The van der Waals surface area contributed by atoms with Crippen molar-refractivity contribution in [2.75, 3.05) is 6.61 Å². The van der Waals surface area contributed by atoms with Crippen molar-refractivity contribution in [2.24, 2.45) is 0 Å². The van der Waals surface area contributed by atoms with Crippen LogP contribution in [0.3, 0.4) is 0 Å². The molecule has 0 aliphatic carbocycles. The summed E-state index contributed by atoms with van der Waals surface area (Å²) in [5, 5.41) is 29.9. The van der Waals surface area contributed by atoms with Gasteiger partial charge in [-0.2, -0.15) is 0 Å². The Balaban J connectivity index is 4.20. The van der Waals surface area contributed by atoms with Crippen molar-refractivity contribution in [1.82, 2.24) is 0 Å². The number of carbonyl (C=O) groups is 2. The van der Waals surface area contributed by atoms with Crippen LogP contribution in [0.5, 0.6) is 0 Å². The van der Waals surface area contributed by atoms with E-state index in [1.54, 1.807) is 0 Å². The average Bonchev–Trinajstić information content (AvgIpc) is 2.90. The maximum Gasteiger partial charge on any atom is 0.375 e. The normalized spacial score (nSPS) is 12.4. The minimum absolute atomic E-state index is 0.0192. The molecule has 0 rings (SSSR count). The Morgan fingerprint density at radius 2 is 0.875 bits per heavy atom. The summed E-state index contributed by atoms with van der Waals surface area (Å²) in [5.74, 6) is -3.83. The van der Waals surface area contributed by atoms with E-state index in [4.69, 9.17) is 14.6 Å². The number of ether oxygens (including phenoxy) is 2. The van der Waals surface area contributed by atoms with Crippen LogP contribution in [0.1, 0.15) is 181 Å². The average molecular weight is 573 g/mol. The lowest BCUT2D eigenvalue weighted by Crippen LogP contribution is -2.43. The number of hydrogen-bond acceptors (Lipinski definition) is 7. The SMILES string of the molecule is CCCCCCCCCCCCCC(=O)OC(O)(CC(O)CCO)OC(=O)CCCCCCCCCCCCC. The molecule has 0 saturated heterocycles. The van der Waals surface area contributed by atoms with Gasteiger partial charge in [-0.3, -0.25) is 9.59 Å². The molecule has 7 nitrogen and oxygen atoms in total. The molecular weight excluding hydrogens is 508 g/mol. The summed E-state index contributed by atoms with van der Waals surface area (Å²) in [7, 11) is 0. The Bertz CT molecular complexity index is 541. The van der Waals surface area contributed by atoms with Crippen LogP contribution in [0.4, 0.5) is 0 Å². The standard InChI is InChI=1S/C33H64O7/c1-3-5-7-9-11-13-15-17-19-21-23-25-31(36)39-33(38,29-30(35)27-28-34)40-32(37)26-24-22-20-18-16-14-12-10-8-6-4-2/h30,34-35,38H,3-29H2,1-2H3. The highest BCUT2D eigenvalue weighted by atomic mass is 16.8. The summed E-state index contributed by atoms with van der Waals surface area (Å²) in [5.41, 5.74) is 0. The molecule has 238 valence electrons.